The number of hydrogen-bond donors (Lipinski definition) is 1. The fourth-order valence-corrected chi connectivity index (χ4v) is 3.04. The molecule has 0 atom stereocenters. The van der Waals surface area contributed by atoms with Gasteiger partial charge in [-0.05, 0) is 12.1 Å². The molecular weight excluding hydrogens is 332 g/mol. The SMILES string of the molecule is COc1ncc(CN2CCc3nc(-c4cccnc4)[nH]c(=O)c3C2)cn1. The van der Waals surface area contributed by atoms with Crippen molar-refractivity contribution in [2.75, 3.05) is 13.7 Å². The highest BCUT2D eigenvalue weighted by molar-refractivity contribution is 5.53. The maximum absolute atomic E-state index is 12.6. The van der Waals surface area contributed by atoms with Crippen molar-refractivity contribution in [2.24, 2.45) is 0 Å². The number of fused-ring (bicyclic) bond motifs is 1. The molecule has 4 heterocycles. The van der Waals surface area contributed by atoms with E-state index in [1.165, 1.54) is 7.11 Å². The van der Waals surface area contributed by atoms with Crippen molar-refractivity contribution in [3.05, 3.63) is 64.1 Å². The van der Waals surface area contributed by atoms with Crippen LogP contribution in [0.3, 0.4) is 0 Å². The summed E-state index contributed by atoms with van der Waals surface area (Å²) >= 11 is 0. The predicted octanol–water partition coefficient (Wildman–Crippen LogP) is 1.19. The molecule has 0 spiro atoms. The Morgan fingerprint density at radius 2 is 2.12 bits per heavy atom. The summed E-state index contributed by atoms with van der Waals surface area (Å²) in [6.07, 6.45) is 7.61. The zero-order valence-corrected chi connectivity index (χ0v) is 14.3. The number of rotatable bonds is 4. The second-order valence-corrected chi connectivity index (χ2v) is 6.12. The maximum atomic E-state index is 12.6. The van der Waals surface area contributed by atoms with Crippen molar-refractivity contribution >= 4 is 0 Å². The van der Waals surface area contributed by atoms with E-state index in [0.29, 0.717) is 24.9 Å². The van der Waals surface area contributed by atoms with Gasteiger partial charge in [-0.3, -0.25) is 14.7 Å². The zero-order valence-electron chi connectivity index (χ0n) is 14.3. The van der Waals surface area contributed by atoms with Crippen LogP contribution in [0.5, 0.6) is 6.01 Å². The fraction of sp³-hybridized carbons (Fsp3) is 0.278. The van der Waals surface area contributed by atoms with Gasteiger partial charge >= 0.3 is 6.01 Å². The maximum Gasteiger partial charge on any atom is 0.316 e. The first-order valence-electron chi connectivity index (χ1n) is 8.32. The molecule has 26 heavy (non-hydrogen) atoms. The summed E-state index contributed by atoms with van der Waals surface area (Å²) in [4.78, 5) is 34.6. The molecule has 1 N–H and O–H groups in total. The van der Waals surface area contributed by atoms with Gasteiger partial charge in [0.05, 0.1) is 18.4 Å². The van der Waals surface area contributed by atoms with E-state index < -0.39 is 0 Å². The summed E-state index contributed by atoms with van der Waals surface area (Å²) in [5.74, 6) is 0.568. The minimum Gasteiger partial charge on any atom is -0.467 e. The number of H-pyrrole nitrogens is 1. The van der Waals surface area contributed by atoms with Gasteiger partial charge in [0, 0.05) is 62.0 Å². The number of ether oxygens (including phenoxy) is 1. The molecule has 1 aliphatic rings. The first-order chi connectivity index (χ1) is 12.7. The van der Waals surface area contributed by atoms with E-state index in [1.807, 2.05) is 12.1 Å². The normalized spacial score (nSPS) is 14.0. The van der Waals surface area contributed by atoms with Crippen LogP contribution in [-0.4, -0.2) is 43.5 Å². The third-order valence-electron chi connectivity index (χ3n) is 4.35. The van der Waals surface area contributed by atoms with Crippen LogP contribution in [0.2, 0.25) is 0 Å². The smallest absolute Gasteiger partial charge is 0.316 e. The highest BCUT2D eigenvalue weighted by atomic mass is 16.5. The zero-order chi connectivity index (χ0) is 17.9. The van der Waals surface area contributed by atoms with Crippen LogP contribution in [0.25, 0.3) is 11.4 Å². The van der Waals surface area contributed by atoms with E-state index in [2.05, 4.69) is 29.8 Å². The molecule has 0 aromatic carbocycles. The fourth-order valence-electron chi connectivity index (χ4n) is 3.04. The molecular formula is C18H18N6O2. The highest BCUT2D eigenvalue weighted by Gasteiger charge is 2.21. The van der Waals surface area contributed by atoms with Gasteiger partial charge in [0.1, 0.15) is 5.82 Å². The second kappa shape index (κ2) is 7.01. The van der Waals surface area contributed by atoms with E-state index >= 15 is 0 Å². The van der Waals surface area contributed by atoms with Gasteiger partial charge in [0.25, 0.3) is 5.56 Å². The average Bonchev–Trinajstić information content (AvgIpc) is 2.69. The van der Waals surface area contributed by atoms with Gasteiger partial charge in [-0.2, -0.15) is 0 Å². The summed E-state index contributed by atoms with van der Waals surface area (Å²) in [6, 6.07) is 4.06. The summed E-state index contributed by atoms with van der Waals surface area (Å²) < 4.78 is 4.98. The number of hydrogen-bond acceptors (Lipinski definition) is 7. The largest absolute Gasteiger partial charge is 0.467 e. The van der Waals surface area contributed by atoms with E-state index in [9.17, 15) is 4.79 Å². The molecule has 0 fully saturated rings. The first-order valence-corrected chi connectivity index (χ1v) is 8.32. The van der Waals surface area contributed by atoms with Gasteiger partial charge in [-0.25, -0.2) is 15.0 Å². The lowest BCUT2D eigenvalue weighted by molar-refractivity contribution is 0.241. The average molecular weight is 350 g/mol. The summed E-state index contributed by atoms with van der Waals surface area (Å²) in [6.45, 7) is 2.05. The Bertz CT molecular complexity index is 956. The molecule has 3 aromatic heterocycles. The van der Waals surface area contributed by atoms with E-state index in [0.717, 1.165) is 35.3 Å². The number of nitrogens with zero attached hydrogens (tertiary/aromatic N) is 5. The van der Waals surface area contributed by atoms with Gasteiger partial charge in [0.2, 0.25) is 0 Å². The van der Waals surface area contributed by atoms with Gasteiger partial charge < -0.3 is 9.72 Å². The third kappa shape index (κ3) is 3.31. The minimum atomic E-state index is -0.0930. The van der Waals surface area contributed by atoms with Crippen LogP contribution in [0.1, 0.15) is 16.8 Å². The minimum absolute atomic E-state index is 0.0930. The van der Waals surface area contributed by atoms with Crippen LogP contribution in [0.4, 0.5) is 0 Å². The van der Waals surface area contributed by atoms with Gasteiger partial charge in [-0.1, -0.05) is 0 Å². The molecule has 8 nitrogen and oxygen atoms in total. The van der Waals surface area contributed by atoms with Gasteiger partial charge in [0.15, 0.2) is 0 Å². The Balaban J connectivity index is 1.54. The number of aromatic amines is 1. The summed E-state index contributed by atoms with van der Waals surface area (Å²) in [5.41, 5.74) is 3.27. The molecule has 0 aliphatic carbocycles. The topological polar surface area (TPSA) is 96.9 Å². The molecule has 132 valence electrons. The monoisotopic (exact) mass is 350 g/mol. The Kier molecular flexibility index (Phi) is 4.40. The van der Waals surface area contributed by atoms with Crippen LogP contribution in [0.15, 0.2) is 41.7 Å². The van der Waals surface area contributed by atoms with Crippen LogP contribution >= 0.6 is 0 Å². The molecule has 4 rings (SSSR count). The number of nitrogens with one attached hydrogen (secondary N) is 1. The Morgan fingerprint density at radius 1 is 1.27 bits per heavy atom. The standard InChI is InChI=1S/C18H18N6O2/c1-26-18-20-7-12(8-21-18)10-24-6-4-15-14(11-24)17(25)23-16(22-15)13-3-2-5-19-9-13/h2-3,5,7-9H,4,6,10-11H2,1H3,(H,22,23,25). The first kappa shape index (κ1) is 16.3. The Labute approximate surface area is 149 Å². The van der Waals surface area contributed by atoms with Crippen molar-refractivity contribution in [1.82, 2.24) is 29.8 Å². The van der Waals surface area contributed by atoms with Crippen molar-refractivity contribution in [3.63, 3.8) is 0 Å². The number of aromatic nitrogens is 5. The summed E-state index contributed by atoms with van der Waals surface area (Å²) in [5, 5.41) is 0. The lowest BCUT2D eigenvalue weighted by Gasteiger charge is -2.27. The lowest BCUT2D eigenvalue weighted by atomic mass is 10.1. The van der Waals surface area contributed by atoms with E-state index in [1.54, 1.807) is 24.8 Å². The number of pyridine rings is 1. The molecule has 0 saturated carbocycles. The predicted molar refractivity (Wildman–Crippen MR) is 94.5 cm³/mol. The molecule has 0 unspecified atom stereocenters. The summed E-state index contributed by atoms with van der Waals surface area (Å²) in [7, 11) is 1.54. The Morgan fingerprint density at radius 3 is 2.85 bits per heavy atom. The Hall–Kier alpha value is -3.13. The molecule has 0 radical (unpaired) electrons. The third-order valence-corrected chi connectivity index (χ3v) is 4.35. The van der Waals surface area contributed by atoms with Crippen LogP contribution in [0, 0.1) is 0 Å². The second-order valence-electron chi connectivity index (χ2n) is 6.12. The van der Waals surface area contributed by atoms with Crippen LogP contribution < -0.4 is 10.3 Å². The van der Waals surface area contributed by atoms with Crippen LogP contribution in [-0.2, 0) is 19.5 Å². The molecule has 1 aliphatic heterocycles. The van der Waals surface area contributed by atoms with Crippen molar-refractivity contribution < 1.29 is 4.74 Å². The van der Waals surface area contributed by atoms with Crippen molar-refractivity contribution in [1.29, 1.82) is 0 Å². The quantitative estimate of drug-likeness (QED) is 0.755. The number of methoxy groups -OCH3 is 1. The van der Waals surface area contributed by atoms with Crippen molar-refractivity contribution in [3.8, 4) is 17.4 Å². The van der Waals surface area contributed by atoms with Crippen molar-refractivity contribution in [2.45, 2.75) is 19.5 Å². The van der Waals surface area contributed by atoms with E-state index in [-0.39, 0.29) is 5.56 Å². The molecule has 0 bridgehead atoms. The highest BCUT2D eigenvalue weighted by Crippen LogP contribution is 2.19. The molecule has 8 heteroatoms. The van der Waals surface area contributed by atoms with Gasteiger partial charge in [-0.15, -0.1) is 0 Å². The van der Waals surface area contributed by atoms with E-state index in [4.69, 9.17) is 4.74 Å². The lowest BCUT2D eigenvalue weighted by Crippen LogP contribution is -2.35. The molecule has 3 aromatic rings. The molecule has 0 saturated heterocycles. The molecule has 0 amide bonds.